The van der Waals surface area contributed by atoms with Gasteiger partial charge in [0.15, 0.2) is 0 Å². The average Bonchev–Trinajstić information content (AvgIpc) is 2.28. The lowest BCUT2D eigenvalue weighted by Crippen LogP contribution is -2.13. The highest BCUT2D eigenvalue weighted by molar-refractivity contribution is 5.43. The van der Waals surface area contributed by atoms with Gasteiger partial charge >= 0.3 is 0 Å². The summed E-state index contributed by atoms with van der Waals surface area (Å²) in [5, 5.41) is 3.36. The van der Waals surface area contributed by atoms with E-state index in [4.69, 9.17) is 4.74 Å². The third kappa shape index (κ3) is 5.65. The van der Waals surface area contributed by atoms with Gasteiger partial charge in [-0.1, -0.05) is 39.8 Å². The Kier molecular flexibility index (Phi) is 5.86. The van der Waals surface area contributed by atoms with Gasteiger partial charge in [-0.05, 0) is 48.9 Å². The van der Waals surface area contributed by atoms with Crippen molar-refractivity contribution in [3.05, 3.63) is 28.8 Å². The van der Waals surface area contributed by atoms with Crippen LogP contribution in [0.4, 0.5) is 0 Å². The van der Waals surface area contributed by atoms with Gasteiger partial charge in [-0.15, -0.1) is 0 Å². The zero-order valence-corrected chi connectivity index (χ0v) is 13.4. The van der Waals surface area contributed by atoms with Crippen molar-refractivity contribution >= 4 is 0 Å². The third-order valence-electron chi connectivity index (χ3n) is 3.20. The highest BCUT2D eigenvalue weighted by Crippen LogP contribution is 2.26. The maximum Gasteiger partial charge on any atom is 0.125 e. The zero-order valence-electron chi connectivity index (χ0n) is 13.4. The van der Waals surface area contributed by atoms with Crippen LogP contribution in [-0.4, -0.2) is 13.2 Å². The van der Waals surface area contributed by atoms with Crippen LogP contribution >= 0.6 is 0 Å². The fourth-order valence-corrected chi connectivity index (χ4v) is 2.10. The Morgan fingerprint density at radius 1 is 1.11 bits per heavy atom. The number of rotatable bonds is 6. The SMILES string of the molecule is CCNCc1cc(C)c(OCCC(C)(C)C)c(C)c1. The molecule has 0 aliphatic carbocycles. The molecular weight excluding hydrogens is 234 g/mol. The van der Waals surface area contributed by atoms with Crippen LogP contribution in [0.1, 0.15) is 50.8 Å². The smallest absolute Gasteiger partial charge is 0.125 e. The van der Waals surface area contributed by atoms with Crippen molar-refractivity contribution in [2.75, 3.05) is 13.2 Å². The maximum absolute atomic E-state index is 5.98. The summed E-state index contributed by atoms with van der Waals surface area (Å²) in [4.78, 5) is 0. The predicted octanol–water partition coefficient (Wildman–Crippen LogP) is 4.23. The van der Waals surface area contributed by atoms with Crippen molar-refractivity contribution in [1.29, 1.82) is 0 Å². The van der Waals surface area contributed by atoms with Crippen molar-refractivity contribution in [2.45, 2.75) is 54.5 Å². The van der Waals surface area contributed by atoms with Gasteiger partial charge in [0.25, 0.3) is 0 Å². The van der Waals surface area contributed by atoms with Crippen LogP contribution in [0.3, 0.4) is 0 Å². The lowest BCUT2D eigenvalue weighted by molar-refractivity contribution is 0.240. The minimum absolute atomic E-state index is 0.326. The second-order valence-electron chi connectivity index (χ2n) is 6.50. The molecule has 0 aromatic heterocycles. The molecule has 108 valence electrons. The van der Waals surface area contributed by atoms with E-state index in [1.807, 2.05) is 0 Å². The van der Waals surface area contributed by atoms with Crippen LogP contribution < -0.4 is 10.1 Å². The van der Waals surface area contributed by atoms with E-state index in [0.717, 1.165) is 31.9 Å². The number of nitrogens with one attached hydrogen (secondary N) is 1. The lowest BCUT2D eigenvalue weighted by Gasteiger charge is -2.20. The summed E-state index contributed by atoms with van der Waals surface area (Å²) in [6.45, 7) is 15.9. The molecule has 0 saturated carbocycles. The van der Waals surface area contributed by atoms with Gasteiger partial charge in [0, 0.05) is 6.54 Å². The zero-order chi connectivity index (χ0) is 14.5. The first kappa shape index (κ1) is 16.0. The molecule has 0 atom stereocenters. The molecule has 1 aromatic rings. The molecule has 0 fully saturated rings. The van der Waals surface area contributed by atoms with E-state index in [1.54, 1.807) is 0 Å². The molecule has 0 unspecified atom stereocenters. The van der Waals surface area contributed by atoms with E-state index in [1.165, 1.54) is 16.7 Å². The van der Waals surface area contributed by atoms with Gasteiger partial charge < -0.3 is 10.1 Å². The van der Waals surface area contributed by atoms with E-state index in [0.29, 0.717) is 5.41 Å². The van der Waals surface area contributed by atoms with Crippen molar-refractivity contribution < 1.29 is 4.74 Å². The summed E-state index contributed by atoms with van der Waals surface area (Å²) in [6, 6.07) is 4.45. The summed E-state index contributed by atoms with van der Waals surface area (Å²) in [7, 11) is 0. The van der Waals surface area contributed by atoms with Crippen molar-refractivity contribution in [3.63, 3.8) is 0 Å². The molecule has 0 saturated heterocycles. The molecule has 0 bridgehead atoms. The van der Waals surface area contributed by atoms with Gasteiger partial charge in [0.05, 0.1) is 6.61 Å². The van der Waals surface area contributed by atoms with E-state index in [9.17, 15) is 0 Å². The number of aryl methyl sites for hydroxylation is 2. The van der Waals surface area contributed by atoms with Crippen LogP contribution in [-0.2, 0) is 6.54 Å². The molecule has 0 heterocycles. The first-order valence-corrected chi connectivity index (χ1v) is 7.27. The second kappa shape index (κ2) is 6.95. The van der Waals surface area contributed by atoms with Crippen LogP contribution in [0.15, 0.2) is 12.1 Å². The minimum atomic E-state index is 0.326. The molecule has 1 N–H and O–H groups in total. The Morgan fingerprint density at radius 3 is 2.16 bits per heavy atom. The second-order valence-corrected chi connectivity index (χ2v) is 6.50. The van der Waals surface area contributed by atoms with Gasteiger partial charge in [-0.2, -0.15) is 0 Å². The Hall–Kier alpha value is -1.02. The van der Waals surface area contributed by atoms with Crippen molar-refractivity contribution in [3.8, 4) is 5.75 Å². The topological polar surface area (TPSA) is 21.3 Å². The fraction of sp³-hybridized carbons (Fsp3) is 0.647. The summed E-state index contributed by atoms with van der Waals surface area (Å²) in [5.74, 6) is 1.06. The van der Waals surface area contributed by atoms with Crippen LogP contribution in [0.5, 0.6) is 5.75 Å². The minimum Gasteiger partial charge on any atom is -0.493 e. The Labute approximate surface area is 118 Å². The Balaban J connectivity index is 2.69. The van der Waals surface area contributed by atoms with Crippen LogP contribution in [0, 0.1) is 19.3 Å². The molecule has 0 spiro atoms. The molecule has 0 radical (unpaired) electrons. The summed E-state index contributed by atoms with van der Waals surface area (Å²) in [6.07, 6.45) is 1.07. The molecular formula is C17H29NO. The Bertz CT molecular complexity index is 381. The quantitative estimate of drug-likeness (QED) is 0.829. The van der Waals surface area contributed by atoms with Gasteiger partial charge in [-0.3, -0.25) is 0 Å². The predicted molar refractivity (Wildman–Crippen MR) is 82.9 cm³/mol. The van der Waals surface area contributed by atoms with Crippen LogP contribution in [0.25, 0.3) is 0 Å². The van der Waals surface area contributed by atoms with Gasteiger partial charge in [0.1, 0.15) is 5.75 Å². The van der Waals surface area contributed by atoms with Gasteiger partial charge in [0.2, 0.25) is 0 Å². The first-order chi connectivity index (χ1) is 8.83. The van der Waals surface area contributed by atoms with Crippen LogP contribution in [0.2, 0.25) is 0 Å². The molecule has 0 amide bonds. The molecule has 1 aromatic carbocycles. The number of hydrogen-bond acceptors (Lipinski definition) is 2. The monoisotopic (exact) mass is 263 g/mol. The van der Waals surface area contributed by atoms with E-state index in [2.05, 4.69) is 59.0 Å². The number of hydrogen-bond donors (Lipinski definition) is 1. The molecule has 2 nitrogen and oxygen atoms in total. The van der Waals surface area contributed by atoms with E-state index in [-0.39, 0.29) is 0 Å². The average molecular weight is 263 g/mol. The van der Waals surface area contributed by atoms with Crippen molar-refractivity contribution in [1.82, 2.24) is 5.32 Å². The summed E-state index contributed by atoms with van der Waals surface area (Å²) in [5.41, 5.74) is 4.14. The molecule has 0 aliphatic rings. The fourth-order valence-electron chi connectivity index (χ4n) is 2.10. The first-order valence-electron chi connectivity index (χ1n) is 7.27. The lowest BCUT2D eigenvalue weighted by atomic mass is 9.93. The largest absolute Gasteiger partial charge is 0.493 e. The summed E-state index contributed by atoms with van der Waals surface area (Å²) < 4.78 is 5.98. The summed E-state index contributed by atoms with van der Waals surface area (Å²) >= 11 is 0. The van der Waals surface area contributed by atoms with Gasteiger partial charge in [-0.25, -0.2) is 0 Å². The number of benzene rings is 1. The highest BCUT2D eigenvalue weighted by atomic mass is 16.5. The van der Waals surface area contributed by atoms with E-state index < -0.39 is 0 Å². The normalized spacial score (nSPS) is 11.7. The molecule has 2 heteroatoms. The van der Waals surface area contributed by atoms with E-state index >= 15 is 0 Å². The third-order valence-corrected chi connectivity index (χ3v) is 3.20. The standard InChI is InChI=1S/C17H29NO/c1-7-18-12-15-10-13(2)16(14(3)11-15)19-9-8-17(4,5)6/h10-11,18H,7-9,12H2,1-6H3. The number of ether oxygens (including phenoxy) is 1. The van der Waals surface area contributed by atoms with Crippen molar-refractivity contribution in [2.24, 2.45) is 5.41 Å². The molecule has 1 rings (SSSR count). The maximum atomic E-state index is 5.98. The molecule has 0 aliphatic heterocycles. The molecule has 19 heavy (non-hydrogen) atoms. The Morgan fingerprint density at radius 2 is 1.68 bits per heavy atom. The highest BCUT2D eigenvalue weighted by Gasteiger charge is 2.12.